The minimum Gasteiger partial charge on any atom is -0.271 e. The Morgan fingerprint density at radius 1 is 1.07 bits per heavy atom. The SMILES string of the molecule is CC(C)=NNC(=O)CN(c1ccc(C23CC4CC(CC(C4)C2)C3)cc1)S(C)(=O)=O. The van der Waals surface area contributed by atoms with Gasteiger partial charge in [-0.15, -0.1) is 0 Å². The predicted octanol–water partition coefficient (Wildman–Crippen LogP) is 3.43. The number of hydrogen-bond acceptors (Lipinski definition) is 4. The maximum atomic E-state index is 12.3. The molecule has 1 N–H and O–H groups in total. The fraction of sp³-hybridized carbons (Fsp3) is 0.636. The van der Waals surface area contributed by atoms with Gasteiger partial charge in [0, 0.05) is 5.71 Å². The van der Waals surface area contributed by atoms with Gasteiger partial charge in [0.15, 0.2) is 0 Å². The van der Waals surface area contributed by atoms with E-state index in [2.05, 4.69) is 22.7 Å². The highest BCUT2D eigenvalue weighted by molar-refractivity contribution is 7.92. The number of carbonyl (C=O) groups is 1. The fourth-order valence-corrected chi connectivity index (χ4v) is 7.04. The normalized spacial score (nSPS) is 30.1. The molecule has 0 saturated heterocycles. The zero-order valence-electron chi connectivity index (χ0n) is 17.5. The van der Waals surface area contributed by atoms with Crippen molar-refractivity contribution < 1.29 is 13.2 Å². The summed E-state index contributed by atoms with van der Waals surface area (Å²) in [5, 5.41) is 3.87. The summed E-state index contributed by atoms with van der Waals surface area (Å²) < 4.78 is 25.8. The summed E-state index contributed by atoms with van der Waals surface area (Å²) in [6.07, 6.45) is 9.12. The largest absolute Gasteiger partial charge is 0.271 e. The molecule has 0 unspecified atom stereocenters. The quantitative estimate of drug-likeness (QED) is 0.569. The van der Waals surface area contributed by atoms with Gasteiger partial charge in [-0.2, -0.15) is 5.10 Å². The minimum absolute atomic E-state index is 0.272. The number of hydrazone groups is 1. The van der Waals surface area contributed by atoms with Gasteiger partial charge in [0.05, 0.1) is 11.9 Å². The Hall–Kier alpha value is -1.89. The van der Waals surface area contributed by atoms with Crippen LogP contribution in [0.1, 0.15) is 57.9 Å². The van der Waals surface area contributed by atoms with E-state index in [1.165, 1.54) is 44.1 Å². The Bertz CT molecular complexity index is 882. The van der Waals surface area contributed by atoms with Crippen molar-refractivity contribution in [3.63, 3.8) is 0 Å². The highest BCUT2D eigenvalue weighted by Gasteiger charge is 2.51. The molecule has 29 heavy (non-hydrogen) atoms. The van der Waals surface area contributed by atoms with Crippen molar-refractivity contribution in [3.8, 4) is 0 Å². The van der Waals surface area contributed by atoms with Crippen molar-refractivity contribution in [3.05, 3.63) is 29.8 Å². The maximum absolute atomic E-state index is 12.3. The van der Waals surface area contributed by atoms with Crippen molar-refractivity contribution >= 4 is 27.3 Å². The molecule has 0 radical (unpaired) electrons. The van der Waals surface area contributed by atoms with E-state index in [0.717, 1.165) is 28.3 Å². The summed E-state index contributed by atoms with van der Waals surface area (Å²) in [5.74, 6) is 2.13. The molecule has 0 heterocycles. The predicted molar refractivity (Wildman–Crippen MR) is 115 cm³/mol. The molecule has 158 valence electrons. The molecule has 6 nitrogen and oxygen atoms in total. The number of nitrogens with one attached hydrogen (secondary N) is 1. The van der Waals surface area contributed by atoms with E-state index < -0.39 is 15.9 Å². The molecular weight excluding hydrogens is 386 g/mol. The molecule has 0 aromatic heterocycles. The standard InChI is InChI=1S/C22H31N3O3S/c1-15(2)23-24-21(26)14-25(29(3,27)28)20-6-4-19(5-7-20)22-11-16-8-17(12-22)10-18(9-16)13-22/h4-7,16-18H,8-14H2,1-3H3,(H,24,26). The average Bonchev–Trinajstić information content (AvgIpc) is 2.62. The molecule has 1 aromatic carbocycles. The smallest absolute Gasteiger partial charge is 0.260 e. The van der Waals surface area contributed by atoms with E-state index in [9.17, 15) is 13.2 Å². The van der Waals surface area contributed by atoms with Crippen LogP contribution < -0.4 is 9.73 Å². The lowest BCUT2D eigenvalue weighted by Crippen LogP contribution is -2.48. The molecule has 4 fully saturated rings. The van der Waals surface area contributed by atoms with E-state index in [1.807, 2.05) is 12.1 Å². The van der Waals surface area contributed by atoms with Crippen LogP contribution in [0, 0.1) is 17.8 Å². The van der Waals surface area contributed by atoms with Gasteiger partial charge in [0.1, 0.15) is 6.54 Å². The van der Waals surface area contributed by atoms with Gasteiger partial charge in [-0.3, -0.25) is 9.10 Å². The van der Waals surface area contributed by atoms with E-state index in [-0.39, 0.29) is 12.0 Å². The lowest BCUT2D eigenvalue weighted by molar-refractivity contribution is -0.119. The first kappa shape index (κ1) is 20.4. The summed E-state index contributed by atoms with van der Waals surface area (Å²) in [4.78, 5) is 12.1. The zero-order valence-corrected chi connectivity index (χ0v) is 18.3. The second-order valence-electron chi connectivity index (χ2n) is 9.61. The van der Waals surface area contributed by atoms with Crippen LogP contribution in [0.15, 0.2) is 29.4 Å². The fourth-order valence-electron chi connectivity index (χ4n) is 6.19. The number of carbonyl (C=O) groups excluding carboxylic acids is 1. The summed E-state index contributed by atoms with van der Waals surface area (Å²) in [7, 11) is -3.59. The van der Waals surface area contributed by atoms with Gasteiger partial charge in [-0.25, -0.2) is 13.8 Å². The third-order valence-corrected chi connectivity index (χ3v) is 8.04. The Morgan fingerprint density at radius 2 is 1.59 bits per heavy atom. The van der Waals surface area contributed by atoms with Crippen LogP contribution in [0.3, 0.4) is 0 Å². The van der Waals surface area contributed by atoms with Crippen molar-refractivity contribution in [2.24, 2.45) is 22.9 Å². The number of anilines is 1. The monoisotopic (exact) mass is 417 g/mol. The van der Waals surface area contributed by atoms with Crippen LogP contribution in [-0.2, 0) is 20.2 Å². The van der Waals surface area contributed by atoms with Crippen molar-refractivity contribution in [1.29, 1.82) is 0 Å². The summed E-state index contributed by atoms with van der Waals surface area (Å²) in [5.41, 5.74) is 5.23. The first-order valence-electron chi connectivity index (χ1n) is 10.5. The molecule has 4 saturated carbocycles. The zero-order chi connectivity index (χ0) is 20.8. The molecule has 7 heteroatoms. The molecule has 4 bridgehead atoms. The lowest BCUT2D eigenvalue weighted by atomic mass is 9.48. The van der Waals surface area contributed by atoms with Crippen LogP contribution in [-0.4, -0.2) is 32.8 Å². The Kier molecular flexibility index (Phi) is 5.21. The summed E-state index contributed by atoms with van der Waals surface area (Å²) in [6.45, 7) is 3.24. The van der Waals surface area contributed by atoms with Gasteiger partial charge in [-0.1, -0.05) is 12.1 Å². The van der Waals surface area contributed by atoms with E-state index in [4.69, 9.17) is 0 Å². The van der Waals surface area contributed by atoms with Crippen LogP contribution in [0.25, 0.3) is 0 Å². The van der Waals surface area contributed by atoms with Crippen molar-refractivity contribution in [1.82, 2.24) is 5.43 Å². The van der Waals surface area contributed by atoms with Gasteiger partial charge < -0.3 is 0 Å². The second-order valence-corrected chi connectivity index (χ2v) is 11.5. The second kappa shape index (κ2) is 7.42. The van der Waals surface area contributed by atoms with Gasteiger partial charge in [-0.05, 0) is 93.2 Å². The average molecular weight is 418 g/mol. The van der Waals surface area contributed by atoms with Crippen molar-refractivity contribution in [2.45, 2.75) is 57.8 Å². The van der Waals surface area contributed by atoms with E-state index in [0.29, 0.717) is 11.4 Å². The number of amides is 1. The molecule has 1 amide bonds. The van der Waals surface area contributed by atoms with E-state index >= 15 is 0 Å². The molecule has 0 aliphatic heterocycles. The highest BCUT2D eigenvalue weighted by Crippen LogP contribution is 2.60. The number of rotatable bonds is 6. The first-order valence-corrected chi connectivity index (χ1v) is 12.4. The van der Waals surface area contributed by atoms with Gasteiger partial charge in [0.25, 0.3) is 5.91 Å². The molecule has 5 rings (SSSR count). The Labute approximate surface area is 173 Å². The van der Waals surface area contributed by atoms with Crippen LogP contribution in [0.5, 0.6) is 0 Å². The Morgan fingerprint density at radius 3 is 2.03 bits per heavy atom. The third-order valence-electron chi connectivity index (χ3n) is 6.90. The van der Waals surface area contributed by atoms with Crippen molar-refractivity contribution in [2.75, 3.05) is 17.1 Å². The number of nitrogens with zero attached hydrogens (tertiary/aromatic N) is 2. The molecular formula is C22H31N3O3S. The molecule has 4 aliphatic rings. The summed E-state index contributed by atoms with van der Waals surface area (Å²) in [6, 6.07) is 7.90. The van der Waals surface area contributed by atoms with Crippen LogP contribution >= 0.6 is 0 Å². The number of sulfonamides is 1. The van der Waals surface area contributed by atoms with Gasteiger partial charge >= 0.3 is 0 Å². The number of benzene rings is 1. The first-order chi connectivity index (χ1) is 13.6. The van der Waals surface area contributed by atoms with Crippen LogP contribution in [0.2, 0.25) is 0 Å². The third kappa shape index (κ3) is 4.20. The number of hydrogen-bond donors (Lipinski definition) is 1. The van der Waals surface area contributed by atoms with Crippen LogP contribution in [0.4, 0.5) is 5.69 Å². The topological polar surface area (TPSA) is 78.8 Å². The molecule has 1 aromatic rings. The molecule has 0 spiro atoms. The minimum atomic E-state index is -3.59. The van der Waals surface area contributed by atoms with Gasteiger partial charge in [0.2, 0.25) is 10.0 Å². The summed E-state index contributed by atoms with van der Waals surface area (Å²) >= 11 is 0. The highest BCUT2D eigenvalue weighted by atomic mass is 32.2. The maximum Gasteiger partial charge on any atom is 0.260 e. The Balaban J connectivity index is 1.55. The molecule has 4 aliphatic carbocycles. The molecule has 0 atom stereocenters. The lowest BCUT2D eigenvalue weighted by Gasteiger charge is -2.57. The van der Waals surface area contributed by atoms with E-state index in [1.54, 1.807) is 13.8 Å².